The van der Waals surface area contributed by atoms with Crippen LogP contribution in [0.25, 0.3) is 11.0 Å². The van der Waals surface area contributed by atoms with E-state index in [1.807, 2.05) is 12.1 Å². The fourth-order valence-corrected chi connectivity index (χ4v) is 5.37. The Morgan fingerprint density at radius 2 is 1.74 bits per heavy atom. The number of benzene rings is 1. The Morgan fingerprint density at radius 3 is 2.59 bits per heavy atom. The minimum absolute atomic E-state index is 0.0856. The molecule has 0 amide bonds. The molecule has 138 valence electrons. The van der Waals surface area contributed by atoms with Gasteiger partial charge in [-0.15, -0.1) is 11.3 Å². The zero-order chi connectivity index (χ0) is 18.4. The molecule has 0 saturated carbocycles. The minimum atomic E-state index is -0.405. The molecule has 5 rings (SSSR count). The molecule has 0 fully saturated rings. The number of esters is 1. The first kappa shape index (κ1) is 16.8. The first-order chi connectivity index (χ1) is 13.2. The van der Waals surface area contributed by atoms with Gasteiger partial charge in [-0.05, 0) is 79.8 Å². The molecule has 3 aromatic rings. The number of hydrogen-bond donors (Lipinski definition) is 0. The van der Waals surface area contributed by atoms with Crippen molar-refractivity contribution in [1.29, 1.82) is 0 Å². The Balaban J connectivity index is 1.42. The summed E-state index contributed by atoms with van der Waals surface area (Å²) in [6.45, 7) is 0.0856. The summed E-state index contributed by atoms with van der Waals surface area (Å²) in [6.07, 6.45) is 7.69. The zero-order valence-electron chi connectivity index (χ0n) is 15.0. The van der Waals surface area contributed by atoms with Gasteiger partial charge in [0.15, 0.2) is 0 Å². The van der Waals surface area contributed by atoms with Gasteiger partial charge in [0.1, 0.15) is 17.1 Å². The van der Waals surface area contributed by atoms with Crippen LogP contribution in [0.3, 0.4) is 0 Å². The monoisotopic (exact) mass is 380 g/mol. The lowest BCUT2D eigenvalue weighted by atomic mass is 9.99. The Hall–Kier alpha value is -2.40. The Kier molecular flexibility index (Phi) is 4.12. The highest BCUT2D eigenvalue weighted by Crippen LogP contribution is 2.31. The highest BCUT2D eigenvalue weighted by atomic mass is 32.1. The van der Waals surface area contributed by atoms with Gasteiger partial charge < -0.3 is 9.15 Å². The molecule has 0 atom stereocenters. The van der Waals surface area contributed by atoms with Crippen molar-refractivity contribution in [3.05, 3.63) is 66.7 Å². The summed E-state index contributed by atoms with van der Waals surface area (Å²) in [7, 11) is 0. The van der Waals surface area contributed by atoms with E-state index in [2.05, 4.69) is 6.07 Å². The SMILES string of the molecule is O=C(OCc1cc(=O)oc2cc3c(cc12)CCC3)c1cc2c(s1)CCCC2. The number of carbonyl (C=O) groups is 1. The van der Waals surface area contributed by atoms with Gasteiger partial charge in [-0.25, -0.2) is 9.59 Å². The molecule has 0 spiro atoms. The van der Waals surface area contributed by atoms with Crippen LogP contribution in [0.1, 0.15) is 56.1 Å². The van der Waals surface area contributed by atoms with E-state index >= 15 is 0 Å². The summed E-state index contributed by atoms with van der Waals surface area (Å²) in [5.74, 6) is -0.308. The summed E-state index contributed by atoms with van der Waals surface area (Å²) in [5.41, 5.74) is 4.74. The number of carbonyl (C=O) groups excluding carboxylic acids is 1. The van der Waals surface area contributed by atoms with Crippen molar-refractivity contribution < 1.29 is 13.9 Å². The molecule has 0 saturated heterocycles. The van der Waals surface area contributed by atoms with Crippen LogP contribution in [-0.4, -0.2) is 5.97 Å². The van der Waals surface area contributed by atoms with Crippen molar-refractivity contribution in [2.75, 3.05) is 0 Å². The summed E-state index contributed by atoms with van der Waals surface area (Å²) in [6, 6.07) is 7.48. The third-order valence-electron chi connectivity index (χ3n) is 5.60. The molecule has 4 nitrogen and oxygen atoms in total. The summed E-state index contributed by atoms with van der Waals surface area (Å²) >= 11 is 1.55. The Labute approximate surface area is 160 Å². The first-order valence-corrected chi connectivity index (χ1v) is 10.4. The van der Waals surface area contributed by atoms with Crippen LogP contribution in [0.2, 0.25) is 0 Å². The third kappa shape index (κ3) is 3.10. The molecule has 0 bridgehead atoms. The maximum Gasteiger partial charge on any atom is 0.348 e. The number of thiophene rings is 1. The molecule has 2 aromatic heterocycles. The van der Waals surface area contributed by atoms with E-state index in [1.165, 1.54) is 40.5 Å². The molecular formula is C22H20O4S. The molecule has 0 radical (unpaired) electrons. The van der Waals surface area contributed by atoms with Gasteiger partial charge in [0, 0.05) is 21.9 Å². The second-order valence-electron chi connectivity index (χ2n) is 7.40. The van der Waals surface area contributed by atoms with Crippen LogP contribution >= 0.6 is 11.3 Å². The number of rotatable bonds is 3. The van der Waals surface area contributed by atoms with E-state index in [9.17, 15) is 9.59 Å². The molecule has 5 heteroatoms. The quantitative estimate of drug-likeness (QED) is 0.493. The van der Waals surface area contributed by atoms with Crippen molar-refractivity contribution in [3.63, 3.8) is 0 Å². The molecule has 1 aromatic carbocycles. The smallest absolute Gasteiger partial charge is 0.348 e. The Bertz CT molecular complexity index is 1080. The van der Waals surface area contributed by atoms with Gasteiger partial charge in [0.2, 0.25) is 0 Å². The predicted octanol–water partition coefficient (Wildman–Crippen LogP) is 4.58. The minimum Gasteiger partial charge on any atom is -0.457 e. The molecule has 0 aliphatic heterocycles. The molecule has 2 heterocycles. The summed E-state index contributed by atoms with van der Waals surface area (Å²) in [5, 5.41) is 0.869. The van der Waals surface area contributed by atoms with E-state index in [-0.39, 0.29) is 12.6 Å². The van der Waals surface area contributed by atoms with Crippen LogP contribution < -0.4 is 5.63 Å². The maximum absolute atomic E-state index is 12.5. The molecule has 0 N–H and O–H groups in total. The molecule has 2 aliphatic rings. The van der Waals surface area contributed by atoms with Crippen molar-refractivity contribution in [2.24, 2.45) is 0 Å². The van der Waals surface area contributed by atoms with E-state index in [0.29, 0.717) is 16.0 Å². The highest BCUT2D eigenvalue weighted by molar-refractivity contribution is 7.14. The lowest BCUT2D eigenvalue weighted by molar-refractivity contribution is 0.0479. The van der Waals surface area contributed by atoms with Gasteiger partial charge in [-0.2, -0.15) is 0 Å². The van der Waals surface area contributed by atoms with E-state index in [0.717, 1.165) is 37.5 Å². The lowest BCUT2D eigenvalue weighted by Gasteiger charge is -2.08. The second kappa shape index (κ2) is 6.64. The van der Waals surface area contributed by atoms with Crippen molar-refractivity contribution in [1.82, 2.24) is 0 Å². The van der Waals surface area contributed by atoms with Gasteiger partial charge in [0.05, 0.1) is 0 Å². The average molecular weight is 380 g/mol. The highest BCUT2D eigenvalue weighted by Gasteiger charge is 2.19. The molecular weight excluding hydrogens is 360 g/mol. The first-order valence-electron chi connectivity index (χ1n) is 9.54. The Morgan fingerprint density at radius 1 is 0.963 bits per heavy atom. The second-order valence-corrected chi connectivity index (χ2v) is 8.54. The summed E-state index contributed by atoms with van der Waals surface area (Å²) in [4.78, 5) is 26.5. The molecule has 2 aliphatic carbocycles. The predicted molar refractivity (Wildman–Crippen MR) is 105 cm³/mol. The van der Waals surface area contributed by atoms with E-state index in [1.54, 1.807) is 11.3 Å². The average Bonchev–Trinajstić information content (AvgIpc) is 3.30. The molecule has 0 unspecified atom stereocenters. The van der Waals surface area contributed by atoms with Crippen molar-refractivity contribution >= 4 is 28.3 Å². The third-order valence-corrected chi connectivity index (χ3v) is 6.82. The van der Waals surface area contributed by atoms with Gasteiger partial charge in [-0.3, -0.25) is 0 Å². The van der Waals surface area contributed by atoms with E-state index in [4.69, 9.17) is 9.15 Å². The normalized spacial score (nSPS) is 15.6. The van der Waals surface area contributed by atoms with Crippen LogP contribution in [0, 0.1) is 0 Å². The van der Waals surface area contributed by atoms with Gasteiger partial charge in [-0.1, -0.05) is 0 Å². The molecule has 27 heavy (non-hydrogen) atoms. The fourth-order valence-electron chi connectivity index (χ4n) is 4.22. The van der Waals surface area contributed by atoms with Crippen LogP contribution in [0.5, 0.6) is 0 Å². The van der Waals surface area contributed by atoms with Crippen LogP contribution in [-0.2, 0) is 37.0 Å². The van der Waals surface area contributed by atoms with Crippen LogP contribution in [0.4, 0.5) is 0 Å². The van der Waals surface area contributed by atoms with Gasteiger partial charge in [0.25, 0.3) is 0 Å². The maximum atomic E-state index is 12.5. The van der Waals surface area contributed by atoms with E-state index < -0.39 is 5.63 Å². The standard InChI is InChI=1S/C22H20O4S/c23-21-11-16(17-8-13-5-3-6-14(13)9-18(17)26-21)12-25-22(24)20-10-15-4-1-2-7-19(15)27-20/h8-11H,1-7,12H2. The largest absolute Gasteiger partial charge is 0.457 e. The summed E-state index contributed by atoms with van der Waals surface area (Å²) < 4.78 is 10.9. The van der Waals surface area contributed by atoms with Crippen molar-refractivity contribution in [3.8, 4) is 0 Å². The number of ether oxygens (including phenoxy) is 1. The topological polar surface area (TPSA) is 56.5 Å². The number of aryl methyl sites for hydroxylation is 4. The fraction of sp³-hybridized carbons (Fsp3) is 0.364. The van der Waals surface area contributed by atoms with Crippen LogP contribution in [0.15, 0.2) is 33.5 Å². The number of fused-ring (bicyclic) bond motifs is 3. The van der Waals surface area contributed by atoms with Gasteiger partial charge >= 0.3 is 11.6 Å². The lowest BCUT2D eigenvalue weighted by Crippen LogP contribution is -2.07. The number of hydrogen-bond acceptors (Lipinski definition) is 5. The zero-order valence-corrected chi connectivity index (χ0v) is 15.8. The van der Waals surface area contributed by atoms with Crippen molar-refractivity contribution in [2.45, 2.75) is 51.6 Å².